The summed E-state index contributed by atoms with van der Waals surface area (Å²) in [7, 11) is 0. The summed E-state index contributed by atoms with van der Waals surface area (Å²) in [6, 6.07) is 0. The molecule has 12 heavy (non-hydrogen) atoms. The Morgan fingerprint density at radius 3 is 3.17 bits per heavy atom. The second-order valence-electron chi connectivity index (χ2n) is 2.84. The van der Waals surface area contributed by atoms with E-state index < -0.39 is 0 Å². The van der Waals surface area contributed by atoms with Crippen molar-refractivity contribution in [2.24, 2.45) is 5.73 Å². The van der Waals surface area contributed by atoms with Crippen molar-refractivity contribution in [3.8, 4) is 0 Å². The number of fused-ring (bicyclic) bond motifs is 1. The molecule has 0 aliphatic carbocycles. The number of carbonyl (C=O) groups excluding carboxylic acids is 1. The van der Waals surface area contributed by atoms with Crippen LogP contribution in [0, 0.1) is 5.41 Å². The van der Waals surface area contributed by atoms with Gasteiger partial charge in [0.2, 0.25) is 5.91 Å². The zero-order valence-corrected chi connectivity index (χ0v) is 7.23. The average molecular weight is 183 g/mol. The molecule has 2 rings (SSSR count). The maximum absolute atomic E-state index is 11.0. The SMILES string of the molecule is N=C(N)C1=CN2C(=O)C[C@@H]2SC1. The molecule has 0 aromatic carbocycles. The minimum Gasteiger partial charge on any atom is -0.384 e. The van der Waals surface area contributed by atoms with Gasteiger partial charge < -0.3 is 10.6 Å². The highest BCUT2D eigenvalue weighted by atomic mass is 32.2. The Balaban J connectivity index is 2.19. The Bertz CT molecular complexity index is 286. The molecule has 0 bridgehead atoms. The smallest absolute Gasteiger partial charge is 0.230 e. The van der Waals surface area contributed by atoms with E-state index in [1.165, 1.54) is 0 Å². The van der Waals surface area contributed by atoms with E-state index in [-0.39, 0.29) is 11.7 Å². The van der Waals surface area contributed by atoms with Crippen molar-refractivity contribution in [3.63, 3.8) is 0 Å². The first-order valence-corrected chi connectivity index (χ1v) is 4.71. The molecule has 2 heterocycles. The minimum atomic E-state index is 0.0700. The van der Waals surface area contributed by atoms with Gasteiger partial charge in [0.05, 0.1) is 11.8 Å². The van der Waals surface area contributed by atoms with Crippen LogP contribution < -0.4 is 5.73 Å². The van der Waals surface area contributed by atoms with E-state index in [2.05, 4.69) is 0 Å². The van der Waals surface area contributed by atoms with E-state index in [0.29, 0.717) is 11.8 Å². The summed E-state index contributed by atoms with van der Waals surface area (Å²) in [5, 5.41) is 7.50. The first-order chi connectivity index (χ1) is 5.68. The van der Waals surface area contributed by atoms with Gasteiger partial charge in [0.15, 0.2) is 0 Å². The third kappa shape index (κ3) is 1.01. The van der Waals surface area contributed by atoms with Crippen LogP contribution in [0.5, 0.6) is 0 Å². The number of amidine groups is 1. The van der Waals surface area contributed by atoms with Crippen molar-refractivity contribution in [3.05, 3.63) is 11.8 Å². The van der Waals surface area contributed by atoms with E-state index in [1.54, 1.807) is 22.9 Å². The molecule has 1 amide bonds. The molecule has 2 aliphatic heterocycles. The maximum Gasteiger partial charge on any atom is 0.230 e. The summed E-state index contributed by atoms with van der Waals surface area (Å²) in [5.74, 6) is 0.954. The quantitative estimate of drug-likeness (QED) is 0.344. The van der Waals surface area contributed by atoms with E-state index in [1.807, 2.05) is 0 Å². The van der Waals surface area contributed by atoms with Crippen molar-refractivity contribution >= 4 is 23.5 Å². The van der Waals surface area contributed by atoms with Crippen LogP contribution in [0.2, 0.25) is 0 Å². The molecule has 0 aromatic heterocycles. The number of carbonyl (C=O) groups is 1. The lowest BCUT2D eigenvalue weighted by atomic mass is 10.2. The molecule has 1 saturated heterocycles. The summed E-state index contributed by atoms with van der Waals surface area (Å²) in [5.41, 5.74) is 6.06. The number of nitrogens with zero attached hydrogens (tertiary/aromatic N) is 1. The van der Waals surface area contributed by atoms with Crippen LogP contribution in [-0.4, -0.2) is 27.8 Å². The van der Waals surface area contributed by atoms with E-state index >= 15 is 0 Å². The van der Waals surface area contributed by atoms with Crippen LogP contribution in [-0.2, 0) is 4.79 Å². The molecule has 0 saturated carbocycles. The lowest BCUT2D eigenvalue weighted by Crippen LogP contribution is -2.49. The van der Waals surface area contributed by atoms with Crippen molar-refractivity contribution in [2.75, 3.05) is 5.75 Å². The first-order valence-electron chi connectivity index (χ1n) is 3.66. The molecule has 64 valence electrons. The number of hydrogen-bond acceptors (Lipinski definition) is 3. The van der Waals surface area contributed by atoms with Crippen LogP contribution in [0.4, 0.5) is 0 Å². The Hall–Kier alpha value is -0.970. The number of amides is 1. The number of rotatable bonds is 1. The second kappa shape index (κ2) is 2.52. The first kappa shape index (κ1) is 7.67. The summed E-state index contributed by atoms with van der Waals surface area (Å²) < 4.78 is 0. The number of nitrogens with two attached hydrogens (primary N) is 1. The summed E-state index contributed by atoms with van der Waals surface area (Å²) in [6.07, 6.45) is 2.34. The Morgan fingerprint density at radius 2 is 2.58 bits per heavy atom. The minimum absolute atomic E-state index is 0.0700. The Morgan fingerprint density at radius 1 is 1.83 bits per heavy atom. The van der Waals surface area contributed by atoms with Crippen molar-refractivity contribution < 1.29 is 4.79 Å². The van der Waals surface area contributed by atoms with Gasteiger partial charge in [-0.15, -0.1) is 11.8 Å². The highest BCUT2D eigenvalue weighted by Crippen LogP contribution is 2.35. The van der Waals surface area contributed by atoms with Crippen LogP contribution in [0.1, 0.15) is 6.42 Å². The zero-order chi connectivity index (χ0) is 8.72. The number of thioether (sulfide) groups is 1. The van der Waals surface area contributed by atoms with Gasteiger partial charge in [-0.05, 0) is 0 Å². The Labute approximate surface area is 74.3 Å². The van der Waals surface area contributed by atoms with Crippen molar-refractivity contribution in [2.45, 2.75) is 11.8 Å². The van der Waals surface area contributed by atoms with Gasteiger partial charge in [-0.1, -0.05) is 0 Å². The van der Waals surface area contributed by atoms with Gasteiger partial charge in [-0.2, -0.15) is 0 Å². The molecular weight excluding hydrogens is 174 g/mol. The highest BCUT2D eigenvalue weighted by Gasteiger charge is 2.38. The highest BCUT2D eigenvalue weighted by molar-refractivity contribution is 8.00. The monoisotopic (exact) mass is 183 g/mol. The fourth-order valence-corrected chi connectivity index (χ4v) is 2.44. The van der Waals surface area contributed by atoms with Gasteiger partial charge >= 0.3 is 0 Å². The number of nitrogens with one attached hydrogen (secondary N) is 1. The predicted molar refractivity (Wildman–Crippen MR) is 47.7 cm³/mol. The average Bonchev–Trinajstić information content (AvgIpc) is 2.02. The largest absolute Gasteiger partial charge is 0.384 e. The van der Waals surface area contributed by atoms with E-state index in [4.69, 9.17) is 11.1 Å². The van der Waals surface area contributed by atoms with Crippen molar-refractivity contribution in [1.29, 1.82) is 5.41 Å². The van der Waals surface area contributed by atoms with Gasteiger partial charge in [-0.3, -0.25) is 10.2 Å². The second-order valence-corrected chi connectivity index (χ2v) is 4.00. The molecule has 0 aromatic rings. The normalized spacial score (nSPS) is 27.3. The molecule has 1 fully saturated rings. The topological polar surface area (TPSA) is 70.2 Å². The van der Waals surface area contributed by atoms with Crippen LogP contribution in [0.3, 0.4) is 0 Å². The molecule has 0 radical (unpaired) electrons. The lowest BCUT2D eigenvalue weighted by Gasteiger charge is -2.40. The molecule has 5 heteroatoms. The van der Waals surface area contributed by atoms with E-state index in [0.717, 1.165) is 11.3 Å². The number of β-lactam (4-membered cyclic amide) rings is 1. The molecule has 0 spiro atoms. The van der Waals surface area contributed by atoms with Crippen molar-refractivity contribution in [1.82, 2.24) is 4.90 Å². The van der Waals surface area contributed by atoms with Crippen LogP contribution in [0.15, 0.2) is 11.8 Å². The molecule has 2 aliphatic rings. The third-order valence-electron chi connectivity index (χ3n) is 2.02. The fourth-order valence-electron chi connectivity index (χ4n) is 1.23. The lowest BCUT2D eigenvalue weighted by molar-refractivity contribution is -0.137. The summed E-state index contributed by atoms with van der Waals surface area (Å²) in [6.45, 7) is 0. The standard InChI is InChI=1S/C7H9N3OS/c8-7(9)4-2-10-5(11)1-6(10)12-3-4/h2,6H,1,3H2,(H3,8,9)/t6-/m0/s1. The predicted octanol–water partition coefficient (Wildman–Crippen LogP) is 0.111. The summed E-state index contributed by atoms with van der Waals surface area (Å²) in [4.78, 5) is 12.6. The number of hydrogen-bond donors (Lipinski definition) is 2. The third-order valence-corrected chi connectivity index (χ3v) is 3.28. The van der Waals surface area contributed by atoms with Gasteiger partial charge in [-0.25, -0.2) is 0 Å². The van der Waals surface area contributed by atoms with Gasteiger partial charge in [0, 0.05) is 17.5 Å². The molecule has 3 N–H and O–H groups in total. The zero-order valence-electron chi connectivity index (χ0n) is 6.41. The Kier molecular flexibility index (Phi) is 1.61. The molecular formula is C7H9N3OS. The maximum atomic E-state index is 11.0. The summed E-state index contributed by atoms with van der Waals surface area (Å²) >= 11 is 1.67. The fraction of sp³-hybridized carbons (Fsp3) is 0.429. The van der Waals surface area contributed by atoms with Crippen LogP contribution in [0.25, 0.3) is 0 Å². The van der Waals surface area contributed by atoms with Gasteiger partial charge in [0.25, 0.3) is 0 Å². The molecule has 1 atom stereocenters. The van der Waals surface area contributed by atoms with Crippen LogP contribution >= 0.6 is 11.8 Å². The molecule has 4 nitrogen and oxygen atoms in total. The molecule has 0 unspecified atom stereocenters. The van der Waals surface area contributed by atoms with Gasteiger partial charge in [0.1, 0.15) is 5.84 Å². The van der Waals surface area contributed by atoms with E-state index in [9.17, 15) is 4.79 Å².